The standard InChI is InChI=1S/C24H22FN3O2/c1-29-21-13-18(11-19(25)14-21)9-6-16-4-7-17(8-5-16)12-20-15-23(30-28-20)22-3-2-10-27-24(22)26/h2-5,7-8,10-11,13-15H,6,9,12H2,1H3,(H2,26,27). The third-order valence-corrected chi connectivity index (χ3v) is 4.94. The molecular formula is C24H22FN3O2. The van der Waals surface area contributed by atoms with Gasteiger partial charge in [0.2, 0.25) is 0 Å². The van der Waals surface area contributed by atoms with Crippen LogP contribution >= 0.6 is 0 Å². The lowest BCUT2D eigenvalue weighted by Gasteiger charge is -2.06. The number of halogens is 1. The van der Waals surface area contributed by atoms with E-state index in [1.54, 1.807) is 19.4 Å². The number of anilines is 1. The summed E-state index contributed by atoms with van der Waals surface area (Å²) in [6, 6.07) is 18.7. The van der Waals surface area contributed by atoms with Crippen molar-refractivity contribution in [2.24, 2.45) is 0 Å². The Kier molecular flexibility index (Phi) is 5.75. The maximum atomic E-state index is 13.6. The molecule has 0 fully saturated rings. The van der Waals surface area contributed by atoms with E-state index in [9.17, 15) is 4.39 Å². The molecule has 0 aliphatic carbocycles. The van der Waals surface area contributed by atoms with E-state index in [2.05, 4.69) is 34.4 Å². The lowest BCUT2D eigenvalue weighted by molar-refractivity contribution is 0.410. The van der Waals surface area contributed by atoms with Gasteiger partial charge < -0.3 is 15.0 Å². The summed E-state index contributed by atoms with van der Waals surface area (Å²) in [5, 5.41) is 4.15. The minimum atomic E-state index is -0.278. The first kappa shape index (κ1) is 19.6. The Bertz CT molecular complexity index is 1140. The molecule has 2 aromatic carbocycles. The maximum Gasteiger partial charge on any atom is 0.170 e. The van der Waals surface area contributed by atoms with Gasteiger partial charge in [-0.2, -0.15) is 0 Å². The molecule has 2 heterocycles. The van der Waals surface area contributed by atoms with Gasteiger partial charge in [-0.25, -0.2) is 9.37 Å². The van der Waals surface area contributed by atoms with Crippen molar-refractivity contribution in [1.29, 1.82) is 0 Å². The summed E-state index contributed by atoms with van der Waals surface area (Å²) in [5.41, 5.74) is 10.7. The van der Waals surface area contributed by atoms with Gasteiger partial charge in [0.05, 0.1) is 18.4 Å². The van der Waals surface area contributed by atoms with Crippen LogP contribution in [0.2, 0.25) is 0 Å². The average molecular weight is 403 g/mol. The molecule has 0 unspecified atom stereocenters. The Morgan fingerprint density at radius 2 is 1.73 bits per heavy atom. The van der Waals surface area contributed by atoms with Gasteiger partial charge in [-0.1, -0.05) is 29.4 Å². The highest BCUT2D eigenvalue weighted by Gasteiger charge is 2.11. The van der Waals surface area contributed by atoms with Crippen LogP contribution in [0.5, 0.6) is 5.75 Å². The summed E-state index contributed by atoms with van der Waals surface area (Å²) in [7, 11) is 1.54. The van der Waals surface area contributed by atoms with Gasteiger partial charge in [-0.3, -0.25) is 0 Å². The molecule has 152 valence electrons. The second-order valence-corrected chi connectivity index (χ2v) is 7.11. The van der Waals surface area contributed by atoms with Crippen molar-refractivity contribution in [2.75, 3.05) is 12.8 Å². The van der Waals surface area contributed by atoms with E-state index in [1.165, 1.54) is 11.6 Å². The summed E-state index contributed by atoms with van der Waals surface area (Å²) >= 11 is 0. The molecule has 0 aliphatic heterocycles. The molecule has 0 aliphatic rings. The van der Waals surface area contributed by atoms with E-state index < -0.39 is 0 Å². The minimum Gasteiger partial charge on any atom is -0.497 e. The van der Waals surface area contributed by atoms with Crippen molar-refractivity contribution in [1.82, 2.24) is 10.1 Å². The second-order valence-electron chi connectivity index (χ2n) is 7.11. The highest BCUT2D eigenvalue weighted by Crippen LogP contribution is 2.25. The van der Waals surface area contributed by atoms with Gasteiger partial charge in [0.1, 0.15) is 17.4 Å². The number of benzene rings is 2. The Balaban J connectivity index is 1.39. The van der Waals surface area contributed by atoms with Gasteiger partial charge in [0.25, 0.3) is 0 Å². The molecule has 4 rings (SSSR count). The van der Waals surface area contributed by atoms with Crippen LogP contribution in [0.3, 0.4) is 0 Å². The minimum absolute atomic E-state index is 0.278. The van der Waals surface area contributed by atoms with Crippen LogP contribution in [0.15, 0.2) is 71.4 Å². The van der Waals surface area contributed by atoms with Crippen molar-refractivity contribution < 1.29 is 13.7 Å². The Morgan fingerprint density at radius 3 is 2.50 bits per heavy atom. The molecule has 6 heteroatoms. The van der Waals surface area contributed by atoms with Crippen molar-refractivity contribution in [3.05, 3.63) is 95.1 Å². The summed E-state index contributed by atoms with van der Waals surface area (Å²) in [4.78, 5) is 4.07. The number of methoxy groups -OCH3 is 1. The fourth-order valence-electron chi connectivity index (χ4n) is 3.35. The second kappa shape index (κ2) is 8.78. The monoisotopic (exact) mass is 403 g/mol. The molecule has 30 heavy (non-hydrogen) atoms. The highest BCUT2D eigenvalue weighted by molar-refractivity contribution is 5.69. The predicted molar refractivity (Wildman–Crippen MR) is 114 cm³/mol. The van der Waals surface area contributed by atoms with Crippen LogP contribution in [-0.4, -0.2) is 17.3 Å². The zero-order valence-corrected chi connectivity index (χ0v) is 16.6. The molecule has 4 aromatic rings. The predicted octanol–water partition coefficient (Wildman–Crippen LogP) is 4.84. The van der Waals surface area contributed by atoms with Gasteiger partial charge in [-0.15, -0.1) is 0 Å². The zero-order valence-electron chi connectivity index (χ0n) is 16.6. The molecule has 0 amide bonds. The first-order chi connectivity index (χ1) is 14.6. The molecule has 0 spiro atoms. The van der Waals surface area contributed by atoms with Gasteiger partial charge in [0, 0.05) is 24.8 Å². The zero-order chi connectivity index (χ0) is 20.9. The lowest BCUT2D eigenvalue weighted by atomic mass is 10.0. The third kappa shape index (κ3) is 4.66. The van der Waals surface area contributed by atoms with Crippen LogP contribution in [-0.2, 0) is 19.3 Å². The van der Waals surface area contributed by atoms with E-state index >= 15 is 0 Å². The lowest BCUT2D eigenvalue weighted by Crippen LogP contribution is -1.95. The largest absolute Gasteiger partial charge is 0.497 e. The van der Waals surface area contributed by atoms with E-state index in [0.29, 0.717) is 23.7 Å². The topological polar surface area (TPSA) is 74.2 Å². The van der Waals surface area contributed by atoms with Crippen molar-refractivity contribution in [2.45, 2.75) is 19.3 Å². The molecule has 0 saturated heterocycles. The number of hydrogen-bond donors (Lipinski definition) is 1. The normalized spacial score (nSPS) is 10.9. The Labute approximate surface area is 174 Å². The highest BCUT2D eigenvalue weighted by atomic mass is 19.1. The van der Waals surface area contributed by atoms with Gasteiger partial charge in [0.15, 0.2) is 5.76 Å². The first-order valence-corrected chi connectivity index (χ1v) is 9.68. The summed E-state index contributed by atoms with van der Waals surface area (Å²) in [6.07, 6.45) is 3.86. The number of aryl methyl sites for hydroxylation is 2. The van der Waals surface area contributed by atoms with Crippen LogP contribution in [0.4, 0.5) is 10.2 Å². The molecule has 0 atom stereocenters. The summed E-state index contributed by atoms with van der Waals surface area (Å²) in [5.74, 6) is 1.29. The summed E-state index contributed by atoms with van der Waals surface area (Å²) in [6.45, 7) is 0. The third-order valence-electron chi connectivity index (χ3n) is 4.94. The maximum absolute atomic E-state index is 13.6. The van der Waals surface area contributed by atoms with E-state index in [4.69, 9.17) is 15.0 Å². The number of nitrogens with zero attached hydrogens (tertiary/aromatic N) is 2. The van der Waals surface area contributed by atoms with Crippen molar-refractivity contribution >= 4 is 5.82 Å². The van der Waals surface area contributed by atoms with Gasteiger partial charge in [-0.05, 0) is 53.8 Å². The first-order valence-electron chi connectivity index (χ1n) is 9.68. The number of pyridine rings is 1. The van der Waals surface area contributed by atoms with Gasteiger partial charge >= 0.3 is 0 Å². The Morgan fingerprint density at radius 1 is 0.967 bits per heavy atom. The quantitative estimate of drug-likeness (QED) is 0.478. The molecule has 5 nitrogen and oxygen atoms in total. The fourth-order valence-corrected chi connectivity index (χ4v) is 3.35. The number of hydrogen-bond acceptors (Lipinski definition) is 5. The SMILES string of the molecule is COc1cc(F)cc(CCc2ccc(Cc3cc(-c4cccnc4N)on3)cc2)c1. The van der Waals surface area contributed by atoms with Crippen LogP contribution in [0.1, 0.15) is 22.4 Å². The molecular weight excluding hydrogens is 381 g/mol. The Hall–Kier alpha value is -3.67. The number of ether oxygens (including phenoxy) is 1. The number of nitrogen functional groups attached to an aromatic ring is 1. The molecule has 2 aromatic heterocycles. The van der Waals surface area contributed by atoms with Crippen molar-refractivity contribution in [3.8, 4) is 17.1 Å². The van der Waals surface area contributed by atoms with E-state index in [1.807, 2.05) is 24.3 Å². The molecule has 0 radical (unpaired) electrons. The number of aromatic nitrogens is 2. The number of nitrogens with two attached hydrogens (primary N) is 1. The molecule has 0 bridgehead atoms. The fraction of sp³-hybridized carbons (Fsp3) is 0.167. The van der Waals surface area contributed by atoms with Crippen molar-refractivity contribution in [3.63, 3.8) is 0 Å². The molecule has 2 N–H and O–H groups in total. The smallest absolute Gasteiger partial charge is 0.170 e. The summed E-state index contributed by atoms with van der Waals surface area (Å²) < 4.78 is 24.2. The molecule has 0 saturated carbocycles. The van der Waals surface area contributed by atoms with E-state index in [0.717, 1.165) is 35.2 Å². The van der Waals surface area contributed by atoms with Crippen LogP contribution in [0, 0.1) is 5.82 Å². The van der Waals surface area contributed by atoms with E-state index in [-0.39, 0.29) is 5.82 Å². The van der Waals surface area contributed by atoms with Crippen LogP contribution < -0.4 is 10.5 Å². The average Bonchev–Trinajstić information content (AvgIpc) is 3.21. The van der Waals surface area contributed by atoms with Crippen LogP contribution in [0.25, 0.3) is 11.3 Å². The number of rotatable bonds is 7.